The fourth-order valence-corrected chi connectivity index (χ4v) is 4.37. The van der Waals surface area contributed by atoms with Gasteiger partial charge in [0.1, 0.15) is 17.3 Å². The first kappa shape index (κ1) is 25.6. The van der Waals surface area contributed by atoms with Crippen LogP contribution < -0.4 is 9.64 Å². The molecule has 1 atom stereocenters. The molecule has 4 rings (SSSR count). The summed E-state index contributed by atoms with van der Waals surface area (Å²) >= 11 is 12.3. The maximum atomic E-state index is 13.3. The fourth-order valence-electron chi connectivity index (χ4n) is 4.08. The maximum absolute atomic E-state index is 13.3. The molecule has 0 radical (unpaired) electrons. The third kappa shape index (κ3) is 4.92. The quantitative estimate of drug-likeness (QED) is 0.213. The zero-order valence-corrected chi connectivity index (χ0v) is 21.5. The Labute approximate surface area is 219 Å². The molecule has 3 aromatic carbocycles. The van der Waals surface area contributed by atoms with Gasteiger partial charge in [0.25, 0.3) is 11.7 Å². The molecule has 36 heavy (non-hydrogen) atoms. The summed E-state index contributed by atoms with van der Waals surface area (Å²) in [5.41, 5.74) is 1.94. The van der Waals surface area contributed by atoms with Crippen LogP contribution in [-0.2, 0) is 9.59 Å². The molecule has 6 nitrogen and oxygen atoms in total. The highest BCUT2D eigenvalue weighted by molar-refractivity contribution is 6.52. The molecule has 1 aliphatic rings. The molecule has 0 aromatic heterocycles. The number of nitrogens with zero attached hydrogens (tertiary/aromatic N) is 1. The molecule has 2 N–H and O–H groups in total. The van der Waals surface area contributed by atoms with Crippen LogP contribution in [0.4, 0.5) is 5.69 Å². The normalized spacial score (nSPS) is 17.2. The number of hydrogen-bond acceptors (Lipinski definition) is 5. The van der Waals surface area contributed by atoms with Crippen LogP contribution in [0.5, 0.6) is 11.5 Å². The number of aliphatic hydroxyl groups excluding tert-OH is 1. The summed E-state index contributed by atoms with van der Waals surface area (Å²) in [6.07, 6.45) is 0. The van der Waals surface area contributed by atoms with Gasteiger partial charge in [-0.25, -0.2) is 0 Å². The number of carbonyl (C=O) groups is 2. The number of carbonyl (C=O) groups excluding carboxylic acids is 2. The highest BCUT2D eigenvalue weighted by atomic mass is 35.5. The minimum atomic E-state index is -0.958. The Morgan fingerprint density at radius 1 is 1.00 bits per heavy atom. The van der Waals surface area contributed by atoms with Gasteiger partial charge in [0.05, 0.1) is 28.3 Å². The molecule has 0 spiro atoms. The molecule has 0 bridgehead atoms. The number of hydrogen-bond donors (Lipinski definition) is 2. The summed E-state index contributed by atoms with van der Waals surface area (Å²) < 4.78 is 5.82. The largest absolute Gasteiger partial charge is 0.508 e. The van der Waals surface area contributed by atoms with Crippen molar-refractivity contribution in [2.24, 2.45) is 5.92 Å². The molecular weight excluding hydrogens is 501 g/mol. The van der Waals surface area contributed by atoms with Gasteiger partial charge in [-0.15, -0.1) is 0 Å². The van der Waals surface area contributed by atoms with Crippen LogP contribution in [0.15, 0.2) is 66.2 Å². The topological polar surface area (TPSA) is 87.1 Å². The Balaban J connectivity index is 1.86. The molecular formula is C28H25Cl2NO5. The number of phenolic OH excluding ortho intramolecular Hbond substituents is 1. The summed E-state index contributed by atoms with van der Waals surface area (Å²) in [6, 6.07) is 14.8. The summed E-state index contributed by atoms with van der Waals surface area (Å²) in [5.74, 6) is -0.923. The summed E-state index contributed by atoms with van der Waals surface area (Å²) in [4.78, 5) is 27.8. The van der Waals surface area contributed by atoms with Crippen molar-refractivity contribution < 1.29 is 24.5 Å². The first-order chi connectivity index (χ1) is 17.1. The van der Waals surface area contributed by atoms with E-state index in [-0.39, 0.29) is 22.1 Å². The summed E-state index contributed by atoms with van der Waals surface area (Å²) in [7, 11) is 0. The Morgan fingerprint density at radius 3 is 2.31 bits per heavy atom. The lowest BCUT2D eigenvalue weighted by Crippen LogP contribution is -2.29. The number of amides is 1. The van der Waals surface area contributed by atoms with Crippen LogP contribution in [0.3, 0.4) is 0 Å². The molecule has 1 unspecified atom stereocenters. The van der Waals surface area contributed by atoms with Crippen molar-refractivity contribution in [3.05, 3.63) is 93.0 Å². The fraction of sp³-hybridized carbons (Fsp3) is 0.214. The third-order valence-corrected chi connectivity index (χ3v) is 6.59. The third-order valence-electron chi connectivity index (χ3n) is 5.86. The first-order valence-corrected chi connectivity index (χ1v) is 12.1. The molecule has 0 aliphatic carbocycles. The van der Waals surface area contributed by atoms with Crippen molar-refractivity contribution in [1.82, 2.24) is 0 Å². The van der Waals surface area contributed by atoms with Crippen molar-refractivity contribution in [3.63, 3.8) is 0 Å². The Bertz CT molecular complexity index is 1360. The Morgan fingerprint density at radius 2 is 1.69 bits per heavy atom. The number of ketones is 1. The summed E-state index contributed by atoms with van der Waals surface area (Å²) in [6.45, 7) is 6.48. The highest BCUT2D eigenvalue weighted by Gasteiger charge is 2.47. The van der Waals surface area contributed by atoms with E-state index in [1.807, 2.05) is 20.8 Å². The SMILES string of the molecule is Cc1cc(/C(O)=C2\C(=O)C(=O)N(c3ccc(Cl)c(Cl)c3)C2c2ccc(O)cc2)ccc1OCC(C)C. The van der Waals surface area contributed by atoms with Crippen LogP contribution in [0, 0.1) is 12.8 Å². The van der Waals surface area contributed by atoms with Crippen molar-refractivity contribution in [2.45, 2.75) is 26.8 Å². The lowest BCUT2D eigenvalue weighted by atomic mass is 9.94. The number of benzene rings is 3. The Hall–Kier alpha value is -3.48. The van der Waals surface area contributed by atoms with E-state index in [0.717, 1.165) is 5.56 Å². The molecule has 1 fully saturated rings. The number of anilines is 1. The predicted octanol–water partition coefficient (Wildman–Crippen LogP) is 6.67. The number of halogens is 2. The molecule has 0 saturated carbocycles. The number of aliphatic hydroxyl groups is 1. The van der Waals surface area contributed by atoms with Crippen molar-refractivity contribution in [3.8, 4) is 11.5 Å². The second-order valence-corrected chi connectivity index (χ2v) is 9.86. The van der Waals surface area contributed by atoms with E-state index in [1.54, 1.807) is 36.4 Å². The van der Waals surface area contributed by atoms with Crippen LogP contribution in [0.1, 0.15) is 36.6 Å². The van der Waals surface area contributed by atoms with Crippen molar-refractivity contribution in [2.75, 3.05) is 11.5 Å². The van der Waals surface area contributed by atoms with E-state index in [4.69, 9.17) is 27.9 Å². The van der Waals surface area contributed by atoms with E-state index in [0.29, 0.717) is 40.1 Å². The van der Waals surface area contributed by atoms with Gasteiger partial charge < -0.3 is 14.9 Å². The number of phenols is 1. The molecule has 3 aromatic rings. The zero-order valence-electron chi connectivity index (χ0n) is 20.0. The number of aryl methyl sites for hydroxylation is 1. The van der Waals surface area contributed by atoms with Gasteiger partial charge in [0, 0.05) is 11.3 Å². The number of ether oxygens (including phenoxy) is 1. The monoisotopic (exact) mass is 525 g/mol. The van der Waals surface area contributed by atoms with E-state index in [1.165, 1.54) is 29.2 Å². The molecule has 1 saturated heterocycles. The van der Waals surface area contributed by atoms with E-state index >= 15 is 0 Å². The average molecular weight is 526 g/mol. The van der Waals surface area contributed by atoms with Crippen LogP contribution >= 0.6 is 23.2 Å². The first-order valence-electron chi connectivity index (χ1n) is 11.4. The highest BCUT2D eigenvalue weighted by Crippen LogP contribution is 2.43. The van der Waals surface area contributed by atoms with Crippen molar-refractivity contribution >= 4 is 46.3 Å². The number of aromatic hydroxyl groups is 1. The maximum Gasteiger partial charge on any atom is 0.300 e. The van der Waals surface area contributed by atoms with E-state index in [2.05, 4.69) is 0 Å². The molecule has 1 amide bonds. The van der Waals surface area contributed by atoms with Gasteiger partial charge in [0.15, 0.2) is 0 Å². The second-order valence-electron chi connectivity index (χ2n) is 9.04. The van der Waals surface area contributed by atoms with Crippen LogP contribution in [-0.4, -0.2) is 28.5 Å². The lowest BCUT2D eigenvalue weighted by molar-refractivity contribution is -0.132. The van der Waals surface area contributed by atoms with Gasteiger partial charge in [-0.3, -0.25) is 14.5 Å². The predicted molar refractivity (Wildman–Crippen MR) is 141 cm³/mol. The van der Waals surface area contributed by atoms with Gasteiger partial charge in [0.2, 0.25) is 0 Å². The minimum Gasteiger partial charge on any atom is -0.508 e. The standard InChI is InChI=1S/C28H25Cl2NO5/c1-15(2)14-36-23-11-6-18(12-16(23)3)26(33)24-25(17-4-8-20(32)9-5-17)31(28(35)27(24)34)19-7-10-21(29)22(30)13-19/h4-13,15,25,32-33H,14H2,1-3H3/b26-24+. The zero-order chi connectivity index (χ0) is 26.1. The van der Waals surface area contributed by atoms with Crippen molar-refractivity contribution in [1.29, 1.82) is 0 Å². The molecule has 1 heterocycles. The van der Waals surface area contributed by atoms with Gasteiger partial charge in [-0.2, -0.15) is 0 Å². The van der Waals surface area contributed by atoms with Crippen LogP contribution in [0.25, 0.3) is 5.76 Å². The Kier molecular flexibility index (Phi) is 7.29. The average Bonchev–Trinajstić information content (AvgIpc) is 3.10. The smallest absolute Gasteiger partial charge is 0.300 e. The molecule has 186 valence electrons. The number of rotatable bonds is 6. The molecule has 8 heteroatoms. The van der Waals surface area contributed by atoms with Crippen LogP contribution in [0.2, 0.25) is 10.0 Å². The summed E-state index contributed by atoms with van der Waals surface area (Å²) in [5, 5.41) is 21.6. The minimum absolute atomic E-state index is 0.0258. The van der Waals surface area contributed by atoms with Gasteiger partial charge in [-0.05, 0) is 72.5 Å². The lowest BCUT2D eigenvalue weighted by Gasteiger charge is -2.26. The van der Waals surface area contributed by atoms with E-state index in [9.17, 15) is 19.8 Å². The van der Waals surface area contributed by atoms with Gasteiger partial charge >= 0.3 is 0 Å². The second kappa shape index (κ2) is 10.2. The van der Waals surface area contributed by atoms with E-state index < -0.39 is 17.7 Å². The molecule has 1 aliphatic heterocycles. The number of Topliss-reactive ketones (excluding diaryl/α,β-unsaturated/α-hetero) is 1. The van der Waals surface area contributed by atoms with Gasteiger partial charge in [-0.1, -0.05) is 49.2 Å².